The molecule has 0 aromatic carbocycles. The lowest BCUT2D eigenvalue weighted by Gasteiger charge is -2.18. The van der Waals surface area contributed by atoms with Gasteiger partial charge in [-0.05, 0) is 32.5 Å². The van der Waals surface area contributed by atoms with E-state index >= 15 is 0 Å². The van der Waals surface area contributed by atoms with Crippen molar-refractivity contribution < 1.29 is 13.6 Å². The molecule has 2 atom stereocenters. The number of carbonyl (C=O) groups excluding carboxylic acids is 1. The second-order valence-corrected chi connectivity index (χ2v) is 3.73. The largest absolute Gasteiger partial charge is 0.310 e. The third-order valence-corrected chi connectivity index (χ3v) is 2.44. The van der Waals surface area contributed by atoms with Gasteiger partial charge in [-0.15, -0.1) is 0 Å². The Kier molecular flexibility index (Phi) is 4.15. The summed E-state index contributed by atoms with van der Waals surface area (Å²) in [6.45, 7) is 1.46. The van der Waals surface area contributed by atoms with Gasteiger partial charge in [-0.25, -0.2) is 8.78 Å². The van der Waals surface area contributed by atoms with Crippen LogP contribution in [0.1, 0.15) is 19.8 Å². The van der Waals surface area contributed by atoms with Crippen molar-refractivity contribution in [3.63, 3.8) is 0 Å². The molecule has 0 aliphatic heterocycles. The fraction of sp³-hybridized carbons (Fsp3) is 0.545. The normalized spacial score (nSPS) is 23.1. The number of hydrogen-bond donors (Lipinski definition) is 1. The van der Waals surface area contributed by atoms with Crippen LogP contribution in [0.5, 0.6) is 0 Å². The molecule has 2 nitrogen and oxygen atoms in total. The van der Waals surface area contributed by atoms with Crippen LogP contribution in [0.3, 0.4) is 0 Å². The number of hydrogen-bond acceptors (Lipinski definition) is 2. The Morgan fingerprint density at radius 3 is 2.87 bits per heavy atom. The summed E-state index contributed by atoms with van der Waals surface area (Å²) in [6.07, 6.45) is 1.54. The van der Waals surface area contributed by atoms with Gasteiger partial charge in [0.05, 0.1) is 6.04 Å². The van der Waals surface area contributed by atoms with E-state index in [0.29, 0.717) is 12.0 Å². The Bertz CT molecular complexity index is 310. The summed E-state index contributed by atoms with van der Waals surface area (Å²) in [5, 5.41) is 2.82. The monoisotopic (exact) mass is 215 g/mol. The van der Waals surface area contributed by atoms with Crippen LogP contribution in [-0.4, -0.2) is 25.0 Å². The highest BCUT2D eigenvalue weighted by Gasteiger charge is 2.19. The highest BCUT2D eigenvalue weighted by Crippen LogP contribution is 2.24. The van der Waals surface area contributed by atoms with E-state index in [1.807, 2.05) is 0 Å². The number of ketones is 1. The van der Waals surface area contributed by atoms with Crippen LogP contribution in [0.2, 0.25) is 0 Å². The fourth-order valence-corrected chi connectivity index (χ4v) is 1.64. The van der Waals surface area contributed by atoms with Crippen LogP contribution >= 0.6 is 0 Å². The molecule has 1 aliphatic carbocycles. The molecule has 0 amide bonds. The lowest BCUT2D eigenvalue weighted by atomic mass is 9.95. The van der Waals surface area contributed by atoms with Gasteiger partial charge in [0.2, 0.25) is 0 Å². The fourth-order valence-electron chi connectivity index (χ4n) is 1.64. The standard InChI is InChI=1S/C11H15F2NO/c1-7(15)11(14-2)5-8-3-9(12)6-10(13)4-8/h3,6,10-11,14H,4-5H2,1-2H3. The van der Waals surface area contributed by atoms with Crippen LogP contribution in [0.15, 0.2) is 23.6 Å². The molecule has 0 saturated carbocycles. The van der Waals surface area contributed by atoms with Gasteiger partial charge in [-0.3, -0.25) is 4.79 Å². The van der Waals surface area contributed by atoms with Crippen LogP contribution in [-0.2, 0) is 4.79 Å². The van der Waals surface area contributed by atoms with E-state index in [2.05, 4.69) is 5.32 Å². The first-order valence-corrected chi connectivity index (χ1v) is 4.91. The van der Waals surface area contributed by atoms with Gasteiger partial charge in [0.15, 0.2) is 0 Å². The van der Waals surface area contributed by atoms with E-state index in [9.17, 15) is 13.6 Å². The number of halogens is 2. The number of nitrogens with one attached hydrogen (secondary N) is 1. The highest BCUT2D eigenvalue weighted by molar-refractivity contribution is 5.81. The molecule has 4 heteroatoms. The zero-order valence-electron chi connectivity index (χ0n) is 8.89. The topological polar surface area (TPSA) is 29.1 Å². The molecule has 0 radical (unpaired) electrons. The second kappa shape index (κ2) is 5.16. The molecule has 0 bridgehead atoms. The number of carbonyl (C=O) groups is 1. The molecule has 2 unspecified atom stereocenters. The van der Waals surface area contributed by atoms with E-state index < -0.39 is 12.0 Å². The number of Topliss-reactive ketones (excluding diaryl/α,β-unsaturated/α-hetero) is 1. The maximum atomic E-state index is 13.0. The molecule has 0 saturated heterocycles. The Morgan fingerprint density at radius 2 is 2.40 bits per heavy atom. The summed E-state index contributed by atoms with van der Waals surface area (Å²) < 4.78 is 25.9. The summed E-state index contributed by atoms with van der Waals surface area (Å²) in [6, 6.07) is -0.352. The summed E-state index contributed by atoms with van der Waals surface area (Å²) in [7, 11) is 1.66. The third kappa shape index (κ3) is 3.55. The van der Waals surface area contributed by atoms with Crippen molar-refractivity contribution in [3.8, 4) is 0 Å². The average Bonchev–Trinajstić information content (AvgIpc) is 2.12. The number of rotatable bonds is 4. The molecule has 0 fully saturated rings. The van der Waals surface area contributed by atoms with E-state index in [1.54, 1.807) is 7.05 Å². The molecule has 1 aliphatic rings. The molecule has 1 rings (SSSR count). The molecule has 0 aromatic rings. The Hall–Kier alpha value is -1.03. The van der Waals surface area contributed by atoms with E-state index in [0.717, 1.165) is 6.08 Å². The third-order valence-electron chi connectivity index (χ3n) is 2.44. The molecular weight excluding hydrogens is 200 g/mol. The maximum absolute atomic E-state index is 13.0. The molecule has 0 aromatic heterocycles. The summed E-state index contributed by atoms with van der Waals surface area (Å²) >= 11 is 0. The summed E-state index contributed by atoms with van der Waals surface area (Å²) in [4.78, 5) is 11.1. The van der Waals surface area contributed by atoms with Crippen molar-refractivity contribution >= 4 is 5.78 Å². The Morgan fingerprint density at radius 1 is 1.73 bits per heavy atom. The molecule has 15 heavy (non-hydrogen) atoms. The number of alkyl halides is 1. The molecule has 0 spiro atoms. The molecular formula is C11H15F2NO. The van der Waals surface area contributed by atoms with E-state index in [-0.39, 0.29) is 18.2 Å². The first kappa shape index (κ1) is 12.0. The van der Waals surface area contributed by atoms with Crippen molar-refractivity contribution in [2.24, 2.45) is 0 Å². The van der Waals surface area contributed by atoms with Gasteiger partial charge in [-0.2, -0.15) is 0 Å². The van der Waals surface area contributed by atoms with Gasteiger partial charge in [-0.1, -0.05) is 5.57 Å². The predicted octanol–water partition coefficient (Wildman–Crippen LogP) is 2.08. The zero-order chi connectivity index (χ0) is 11.4. The van der Waals surface area contributed by atoms with Gasteiger partial charge >= 0.3 is 0 Å². The van der Waals surface area contributed by atoms with Gasteiger partial charge < -0.3 is 5.32 Å². The second-order valence-electron chi connectivity index (χ2n) is 3.73. The summed E-state index contributed by atoms with van der Waals surface area (Å²) in [5.41, 5.74) is 0.636. The Balaban J connectivity index is 2.66. The molecule has 1 N–H and O–H groups in total. The zero-order valence-corrected chi connectivity index (χ0v) is 8.89. The number of allylic oxidation sites excluding steroid dienone is 3. The van der Waals surface area contributed by atoms with Crippen LogP contribution in [0.4, 0.5) is 8.78 Å². The summed E-state index contributed by atoms with van der Waals surface area (Å²) in [5.74, 6) is -0.578. The van der Waals surface area contributed by atoms with E-state index in [1.165, 1.54) is 13.0 Å². The SMILES string of the molecule is CNC(CC1=CC(F)=CC(F)C1)C(C)=O. The minimum Gasteiger partial charge on any atom is -0.310 e. The van der Waals surface area contributed by atoms with Crippen molar-refractivity contribution in [1.29, 1.82) is 0 Å². The van der Waals surface area contributed by atoms with Gasteiger partial charge in [0.25, 0.3) is 0 Å². The van der Waals surface area contributed by atoms with Crippen molar-refractivity contribution in [2.75, 3.05) is 7.05 Å². The first-order valence-electron chi connectivity index (χ1n) is 4.91. The van der Waals surface area contributed by atoms with Crippen molar-refractivity contribution in [3.05, 3.63) is 23.6 Å². The predicted molar refractivity (Wildman–Crippen MR) is 54.9 cm³/mol. The average molecular weight is 215 g/mol. The lowest BCUT2D eigenvalue weighted by Crippen LogP contribution is -2.33. The quantitative estimate of drug-likeness (QED) is 0.777. The maximum Gasteiger partial charge on any atom is 0.146 e. The van der Waals surface area contributed by atoms with Crippen LogP contribution in [0.25, 0.3) is 0 Å². The van der Waals surface area contributed by atoms with Crippen LogP contribution < -0.4 is 5.32 Å². The highest BCUT2D eigenvalue weighted by atomic mass is 19.1. The molecule has 0 heterocycles. The van der Waals surface area contributed by atoms with E-state index in [4.69, 9.17) is 0 Å². The molecule has 84 valence electrons. The van der Waals surface area contributed by atoms with Crippen LogP contribution in [0, 0.1) is 0 Å². The lowest BCUT2D eigenvalue weighted by molar-refractivity contribution is -0.118. The smallest absolute Gasteiger partial charge is 0.146 e. The van der Waals surface area contributed by atoms with Gasteiger partial charge in [0.1, 0.15) is 17.8 Å². The minimum atomic E-state index is -1.27. The van der Waals surface area contributed by atoms with Crippen molar-refractivity contribution in [1.82, 2.24) is 5.32 Å². The first-order chi connectivity index (χ1) is 7.02. The number of likely N-dealkylation sites (N-methyl/N-ethyl adjacent to an activating group) is 1. The minimum absolute atomic E-state index is 0.0243. The van der Waals surface area contributed by atoms with Gasteiger partial charge in [0, 0.05) is 6.42 Å². The van der Waals surface area contributed by atoms with Crippen molar-refractivity contribution in [2.45, 2.75) is 32.0 Å². The Labute approximate surface area is 88.0 Å².